The van der Waals surface area contributed by atoms with Crippen molar-refractivity contribution in [2.24, 2.45) is 11.7 Å². The molecule has 0 bridgehead atoms. The smallest absolute Gasteiger partial charge is 0.227 e. The molecular formula is C17H26N2O. The zero-order valence-electron chi connectivity index (χ0n) is 12.4. The fourth-order valence-corrected chi connectivity index (χ4v) is 3.34. The van der Waals surface area contributed by atoms with Crippen LogP contribution < -0.4 is 5.73 Å². The molecule has 2 N–H and O–H groups in total. The van der Waals surface area contributed by atoms with Gasteiger partial charge in [0.05, 0.1) is 6.42 Å². The zero-order chi connectivity index (χ0) is 14.4. The molecule has 3 heteroatoms. The summed E-state index contributed by atoms with van der Waals surface area (Å²) >= 11 is 0. The molecule has 1 aliphatic carbocycles. The Morgan fingerprint density at radius 3 is 2.60 bits per heavy atom. The van der Waals surface area contributed by atoms with Gasteiger partial charge in [0.25, 0.3) is 0 Å². The highest BCUT2D eigenvalue weighted by atomic mass is 16.2. The van der Waals surface area contributed by atoms with E-state index < -0.39 is 0 Å². The van der Waals surface area contributed by atoms with Crippen LogP contribution in [0.2, 0.25) is 0 Å². The number of hydrogen-bond acceptors (Lipinski definition) is 2. The summed E-state index contributed by atoms with van der Waals surface area (Å²) in [6.07, 6.45) is 5.24. The number of amides is 1. The highest BCUT2D eigenvalue weighted by Crippen LogP contribution is 2.28. The van der Waals surface area contributed by atoms with Crippen molar-refractivity contribution in [3.63, 3.8) is 0 Å². The number of hydrogen-bond donors (Lipinski definition) is 1. The Balaban J connectivity index is 2.04. The molecule has 1 aromatic carbocycles. The Hall–Kier alpha value is -1.35. The van der Waals surface area contributed by atoms with E-state index in [1.807, 2.05) is 30.3 Å². The van der Waals surface area contributed by atoms with E-state index in [1.165, 1.54) is 12.8 Å². The second-order valence-electron chi connectivity index (χ2n) is 5.69. The Kier molecular flexibility index (Phi) is 5.60. The zero-order valence-corrected chi connectivity index (χ0v) is 12.4. The van der Waals surface area contributed by atoms with Gasteiger partial charge in [0.1, 0.15) is 0 Å². The lowest BCUT2D eigenvalue weighted by Crippen LogP contribution is -2.48. The third-order valence-corrected chi connectivity index (χ3v) is 4.43. The number of carbonyl (C=O) groups excluding carboxylic acids is 1. The summed E-state index contributed by atoms with van der Waals surface area (Å²) < 4.78 is 0. The molecule has 0 aromatic heterocycles. The minimum Gasteiger partial charge on any atom is -0.339 e. The molecular weight excluding hydrogens is 248 g/mol. The van der Waals surface area contributed by atoms with E-state index in [4.69, 9.17) is 5.73 Å². The third kappa shape index (κ3) is 3.60. The number of rotatable bonds is 5. The topological polar surface area (TPSA) is 46.3 Å². The highest BCUT2D eigenvalue weighted by Gasteiger charge is 2.31. The van der Waals surface area contributed by atoms with Gasteiger partial charge in [-0.05, 0) is 37.8 Å². The molecule has 1 amide bonds. The Bertz CT molecular complexity index is 418. The lowest BCUT2D eigenvalue weighted by atomic mass is 9.83. The van der Waals surface area contributed by atoms with Crippen molar-refractivity contribution in [1.29, 1.82) is 0 Å². The van der Waals surface area contributed by atoms with E-state index in [2.05, 4.69) is 11.8 Å². The maximum Gasteiger partial charge on any atom is 0.227 e. The summed E-state index contributed by atoms with van der Waals surface area (Å²) in [5.41, 5.74) is 6.99. The molecule has 1 saturated carbocycles. The van der Waals surface area contributed by atoms with Crippen LogP contribution in [0.25, 0.3) is 0 Å². The van der Waals surface area contributed by atoms with Gasteiger partial charge < -0.3 is 10.6 Å². The van der Waals surface area contributed by atoms with Crippen LogP contribution in [0, 0.1) is 5.92 Å². The molecule has 0 spiro atoms. The van der Waals surface area contributed by atoms with E-state index >= 15 is 0 Å². The number of carbonyl (C=O) groups is 1. The first-order chi connectivity index (χ1) is 9.76. The van der Waals surface area contributed by atoms with Crippen LogP contribution >= 0.6 is 0 Å². The SMILES string of the molecule is CCN(C(=O)Cc1ccccc1)C1CCCCC1CN. The van der Waals surface area contributed by atoms with E-state index in [-0.39, 0.29) is 5.91 Å². The average Bonchev–Trinajstić information content (AvgIpc) is 2.49. The molecule has 2 atom stereocenters. The number of likely N-dealkylation sites (N-methyl/N-ethyl adjacent to an activating group) is 1. The van der Waals surface area contributed by atoms with Crippen molar-refractivity contribution < 1.29 is 4.79 Å². The largest absolute Gasteiger partial charge is 0.339 e. The molecule has 1 aliphatic rings. The van der Waals surface area contributed by atoms with E-state index in [0.717, 1.165) is 24.9 Å². The van der Waals surface area contributed by atoms with E-state index in [1.54, 1.807) is 0 Å². The van der Waals surface area contributed by atoms with Crippen LogP contribution in [-0.2, 0) is 11.2 Å². The van der Waals surface area contributed by atoms with Crippen molar-refractivity contribution >= 4 is 5.91 Å². The molecule has 1 aromatic rings. The van der Waals surface area contributed by atoms with Crippen LogP contribution in [0.15, 0.2) is 30.3 Å². The predicted octanol–water partition coefficient (Wildman–Crippen LogP) is 2.60. The maximum atomic E-state index is 12.6. The van der Waals surface area contributed by atoms with Gasteiger partial charge in [0.15, 0.2) is 0 Å². The number of nitrogens with two attached hydrogens (primary N) is 1. The van der Waals surface area contributed by atoms with Crippen LogP contribution in [0.3, 0.4) is 0 Å². The van der Waals surface area contributed by atoms with Crippen molar-refractivity contribution in [1.82, 2.24) is 4.90 Å². The quantitative estimate of drug-likeness (QED) is 0.897. The first-order valence-corrected chi connectivity index (χ1v) is 7.79. The fraction of sp³-hybridized carbons (Fsp3) is 0.588. The van der Waals surface area contributed by atoms with Crippen molar-refractivity contribution in [3.8, 4) is 0 Å². The minimum atomic E-state index is 0.240. The minimum absolute atomic E-state index is 0.240. The Morgan fingerprint density at radius 2 is 1.95 bits per heavy atom. The molecule has 20 heavy (non-hydrogen) atoms. The molecule has 1 fully saturated rings. The van der Waals surface area contributed by atoms with Gasteiger partial charge in [-0.1, -0.05) is 43.2 Å². The van der Waals surface area contributed by atoms with Crippen LogP contribution in [0.1, 0.15) is 38.2 Å². The summed E-state index contributed by atoms with van der Waals surface area (Å²) in [6.45, 7) is 3.55. The average molecular weight is 274 g/mol. The first kappa shape index (κ1) is 15.0. The molecule has 2 unspecified atom stereocenters. The van der Waals surface area contributed by atoms with Crippen molar-refractivity contribution in [2.45, 2.75) is 45.1 Å². The standard InChI is InChI=1S/C17H26N2O/c1-2-19(16-11-7-6-10-15(16)13-18)17(20)12-14-8-4-3-5-9-14/h3-5,8-9,15-16H,2,6-7,10-13,18H2,1H3. The van der Waals surface area contributed by atoms with Gasteiger partial charge in [-0.2, -0.15) is 0 Å². The Labute approximate surface area is 122 Å². The second kappa shape index (κ2) is 7.44. The van der Waals surface area contributed by atoms with Crippen molar-refractivity contribution in [2.75, 3.05) is 13.1 Å². The summed E-state index contributed by atoms with van der Waals surface area (Å²) in [5.74, 6) is 0.715. The van der Waals surface area contributed by atoms with Crippen LogP contribution in [0.4, 0.5) is 0 Å². The van der Waals surface area contributed by atoms with Gasteiger partial charge in [0.2, 0.25) is 5.91 Å². The van der Waals surface area contributed by atoms with Crippen LogP contribution in [-0.4, -0.2) is 29.9 Å². The number of benzene rings is 1. The maximum absolute atomic E-state index is 12.6. The highest BCUT2D eigenvalue weighted by molar-refractivity contribution is 5.79. The van der Waals surface area contributed by atoms with Gasteiger partial charge in [-0.15, -0.1) is 0 Å². The summed E-state index contributed by atoms with van der Waals surface area (Å²) in [7, 11) is 0. The summed E-state index contributed by atoms with van der Waals surface area (Å²) in [6, 6.07) is 10.3. The summed E-state index contributed by atoms with van der Waals surface area (Å²) in [4.78, 5) is 14.6. The second-order valence-corrected chi connectivity index (χ2v) is 5.69. The van der Waals surface area contributed by atoms with Gasteiger partial charge in [-0.25, -0.2) is 0 Å². The Morgan fingerprint density at radius 1 is 1.25 bits per heavy atom. The number of nitrogens with zero attached hydrogens (tertiary/aromatic N) is 1. The lowest BCUT2D eigenvalue weighted by molar-refractivity contribution is -0.134. The van der Waals surface area contributed by atoms with Gasteiger partial charge in [-0.3, -0.25) is 4.79 Å². The van der Waals surface area contributed by atoms with E-state index in [9.17, 15) is 4.79 Å². The fourth-order valence-electron chi connectivity index (χ4n) is 3.34. The normalized spacial score (nSPS) is 22.5. The summed E-state index contributed by atoms with van der Waals surface area (Å²) in [5, 5.41) is 0. The molecule has 0 aliphatic heterocycles. The molecule has 0 heterocycles. The van der Waals surface area contributed by atoms with Crippen molar-refractivity contribution in [3.05, 3.63) is 35.9 Å². The van der Waals surface area contributed by atoms with Gasteiger partial charge in [0, 0.05) is 12.6 Å². The molecule has 3 nitrogen and oxygen atoms in total. The van der Waals surface area contributed by atoms with Crippen LogP contribution in [0.5, 0.6) is 0 Å². The molecule has 2 rings (SSSR count). The van der Waals surface area contributed by atoms with E-state index in [0.29, 0.717) is 24.9 Å². The molecule has 0 radical (unpaired) electrons. The first-order valence-electron chi connectivity index (χ1n) is 7.79. The monoisotopic (exact) mass is 274 g/mol. The molecule has 110 valence electrons. The van der Waals surface area contributed by atoms with Gasteiger partial charge >= 0.3 is 0 Å². The predicted molar refractivity (Wildman–Crippen MR) is 82.3 cm³/mol. The lowest BCUT2D eigenvalue weighted by Gasteiger charge is -2.39. The third-order valence-electron chi connectivity index (χ3n) is 4.43. The molecule has 0 saturated heterocycles.